The van der Waals surface area contributed by atoms with Crippen molar-refractivity contribution in [3.63, 3.8) is 0 Å². The van der Waals surface area contributed by atoms with Gasteiger partial charge in [-0.25, -0.2) is 0 Å². The molecule has 0 atom stereocenters. The van der Waals surface area contributed by atoms with Crippen molar-refractivity contribution in [3.8, 4) is 0 Å². The van der Waals surface area contributed by atoms with Gasteiger partial charge in [0.05, 0.1) is 21.5 Å². The van der Waals surface area contributed by atoms with E-state index in [0.717, 1.165) is 0 Å². The number of nitrogens with zero attached hydrogens (tertiary/aromatic N) is 2. The summed E-state index contributed by atoms with van der Waals surface area (Å²) < 4.78 is 2.46. The van der Waals surface area contributed by atoms with Gasteiger partial charge >= 0.3 is 0 Å². The molecule has 0 radical (unpaired) electrons. The van der Waals surface area contributed by atoms with Gasteiger partial charge in [0.15, 0.2) is 0 Å². The van der Waals surface area contributed by atoms with E-state index >= 15 is 0 Å². The third kappa shape index (κ3) is 2.24. The van der Waals surface area contributed by atoms with Gasteiger partial charge in [0.1, 0.15) is 0 Å². The highest BCUT2D eigenvalue weighted by Crippen LogP contribution is 2.24. The van der Waals surface area contributed by atoms with E-state index in [1.165, 1.54) is 21.3 Å². The molecule has 0 bridgehead atoms. The number of benzene rings is 1. The van der Waals surface area contributed by atoms with Gasteiger partial charge in [-0.1, -0.05) is 13.8 Å². The highest BCUT2D eigenvalue weighted by atomic mass is 16.2. The summed E-state index contributed by atoms with van der Waals surface area (Å²) in [6.07, 6.45) is 1.26. The van der Waals surface area contributed by atoms with Gasteiger partial charge in [0, 0.05) is 11.1 Å². The molecule has 3 aromatic rings. The van der Waals surface area contributed by atoms with Crippen LogP contribution in [0.4, 0.5) is 0 Å². The molecular weight excluding hydrogens is 332 g/mol. The summed E-state index contributed by atoms with van der Waals surface area (Å²) >= 11 is 0. The van der Waals surface area contributed by atoms with E-state index in [0.29, 0.717) is 12.8 Å². The van der Waals surface area contributed by atoms with Crippen molar-refractivity contribution in [2.45, 2.75) is 65.5 Å². The Morgan fingerprint density at radius 2 is 0.962 bits per heavy atom. The lowest BCUT2D eigenvalue weighted by molar-refractivity contribution is 0.282. The van der Waals surface area contributed by atoms with E-state index < -0.39 is 33.3 Å². The summed E-state index contributed by atoms with van der Waals surface area (Å²) in [5.41, 5.74) is -2.91. The molecule has 2 heterocycles. The van der Waals surface area contributed by atoms with E-state index in [2.05, 4.69) is 0 Å². The average Bonchev–Trinajstić information content (AvgIpc) is 2.97. The maximum Gasteiger partial charge on any atom is 0.262 e. The van der Waals surface area contributed by atoms with E-state index in [1.54, 1.807) is 20.8 Å². The fraction of sp³-hybridized carbons (Fsp3) is 0.500. The van der Waals surface area contributed by atoms with Crippen LogP contribution in [0.15, 0.2) is 31.3 Å². The van der Waals surface area contributed by atoms with Crippen molar-refractivity contribution in [2.75, 3.05) is 0 Å². The van der Waals surface area contributed by atoms with Crippen molar-refractivity contribution < 1.29 is 0 Å². The van der Waals surface area contributed by atoms with Crippen molar-refractivity contribution >= 4 is 21.5 Å². The third-order valence-electron chi connectivity index (χ3n) is 5.63. The summed E-state index contributed by atoms with van der Waals surface area (Å²) in [7, 11) is 0. The lowest BCUT2D eigenvalue weighted by Gasteiger charge is -2.27. The fourth-order valence-electron chi connectivity index (χ4n) is 3.64. The van der Waals surface area contributed by atoms with Crippen LogP contribution in [0, 0.1) is 0 Å². The van der Waals surface area contributed by atoms with Gasteiger partial charge in [0.25, 0.3) is 22.2 Å². The van der Waals surface area contributed by atoms with E-state index in [1.807, 2.05) is 20.8 Å². The number of aromatic nitrogens is 2. The van der Waals surface area contributed by atoms with Crippen LogP contribution in [0.25, 0.3) is 21.5 Å². The van der Waals surface area contributed by atoms with E-state index in [-0.39, 0.29) is 21.5 Å². The van der Waals surface area contributed by atoms with Crippen molar-refractivity contribution in [2.24, 2.45) is 0 Å². The molecule has 138 valence electrons. The lowest BCUT2D eigenvalue weighted by Crippen LogP contribution is -2.42. The molecule has 0 spiro atoms. The number of hydrogen-bond donors (Lipinski definition) is 0. The van der Waals surface area contributed by atoms with Gasteiger partial charge < -0.3 is 0 Å². The molecule has 0 fully saturated rings. The molecular formula is C20H24N2O4. The summed E-state index contributed by atoms with van der Waals surface area (Å²) in [6.45, 7) is 11.1. The Morgan fingerprint density at radius 3 is 1.23 bits per heavy atom. The second-order valence-electron chi connectivity index (χ2n) is 8.21. The second-order valence-corrected chi connectivity index (χ2v) is 8.21. The Labute approximate surface area is 150 Å². The molecule has 6 nitrogen and oxygen atoms in total. The molecule has 0 aliphatic heterocycles. The number of hydrogen-bond acceptors (Lipinski definition) is 4. The van der Waals surface area contributed by atoms with Crippen LogP contribution in [-0.2, 0) is 11.1 Å². The smallest absolute Gasteiger partial charge is 0.262 e. The Bertz CT molecular complexity index is 1150. The van der Waals surface area contributed by atoms with Crippen molar-refractivity contribution in [1.29, 1.82) is 0 Å². The molecule has 0 saturated carbocycles. The zero-order valence-corrected chi connectivity index (χ0v) is 16.1. The molecule has 0 saturated heterocycles. The first kappa shape index (κ1) is 18.3. The second kappa shape index (κ2) is 5.50. The molecule has 1 aromatic carbocycles. The predicted molar refractivity (Wildman–Crippen MR) is 104 cm³/mol. The third-order valence-corrected chi connectivity index (χ3v) is 5.63. The van der Waals surface area contributed by atoms with Gasteiger partial charge in [-0.05, 0) is 52.7 Å². The maximum absolute atomic E-state index is 12.9. The Morgan fingerprint density at radius 1 is 0.654 bits per heavy atom. The van der Waals surface area contributed by atoms with Crippen LogP contribution < -0.4 is 22.2 Å². The highest BCUT2D eigenvalue weighted by molar-refractivity contribution is 5.97. The molecule has 0 aliphatic carbocycles. The molecule has 0 amide bonds. The van der Waals surface area contributed by atoms with E-state index in [4.69, 9.17) is 0 Å². The Balaban J connectivity index is 2.52. The molecule has 3 rings (SSSR count). The van der Waals surface area contributed by atoms with Crippen LogP contribution in [0.2, 0.25) is 0 Å². The SMILES string of the molecule is CCC(C)(CC)n1c(=O)c2cc3c(=O)n(C(C)(C)C)c(=O)c3cc2c1=O. The topological polar surface area (TPSA) is 78.1 Å². The number of rotatable bonds is 3. The quantitative estimate of drug-likeness (QED) is 0.721. The number of fused-ring (bicyclic) bond motifs is 2. The first-order chi connectivity index (χ1) is 12.0. The fourth-order valence-corrected chi connectivity index (χ4v) is 3.64. The molecule has 0 unspecified atom stereocenters. The first-order valence-electron chi connectivity index (χ1n) is 8.93. The summed E-state index contributed by atoms with van der Waals surface area (Å²) in [4.78, 5) is 51.3. The molecule has 0 N–H and O–H groups in total. The van der Waals surface area contributed by atoms with E-state index in [9.17, 15) is 19.2 Å². The summed E-state index contributed by atoms with van der Waals surface area (Å²) in [5, 5.41) is 0.806. The molecule has 2 aromatic heterocycles. The zero-order chi connectivity index (χ0) is 19.6. The summed E-state index contributed by atoms with van der Waals surface area (Å²) in [5.74, 6) is 0. The Kier molecular flexibility index (Phi) is 3.87. The summed E-state index contributed by atoms with van der Waals surface area (Å²) in [6, 6.07) is 2.84. The van der Waals surface area contributed by atoms with Gasteiger partial charge in [-0.15, -0.1) is 0 Å². The van der Waals surface area contributed by atoms with Crippen LogP contribution in [0.5, 0.6) is 0 Å². The van der Waals surface area contributed by atoms with Crippen molar-refractivity contribution in [1.82, 2.24) is 9.13 Å². The molecule has 6 heteroatoms. The largest absolute Gasteiger partial charge is 0.269 e. The minimum atomic E-state index is -0.680. The Hall–Kier alpha value is -2.50. The maximum atomic E-state index is 12.9. The average molecular weight is 356 g/mol. The first-order valence-corrected chi connectivity index (χ1v) is 8.93. The minimum absolute atomic E-state index is 0.196. The molecule has 26 heavy (non-hydrogen) atoms. The normalized spacial score (nSPS) is 13.2. The van der Waals surface area contributed by atoms with Crippen molar-refractivity contribution in [3.05, 3.63) is 53.5 Å². The standard InChI is InChI=1S/C20H24N2O4/c1-7-20(6,8-2)22-17(25)13-9-11-12(10-14(13)18(22)26)16(24)21(15(11)23)19(3,4)5/h9-10H,7-8H2,1-6H3. The monoisotopic (exact) mass is 356 g/mol. The molecule has 0 aliphatic rings. The van der Waals surface area contributed by atoms with Gasteiger partial charge in [-0.3, -0.25) is 28.3 Å². The predicted octanol–water partition coefficient (Wildman–Crippen LogP) is 2.20. The zero-order valence-electron chi connectivity index (χ0n) is 16.1. The van der Waals surface area contributed by atoms with Crippen LogP contribution in [0.3, 0.4) is 0 Å². The highest BCUT2D eigenvalue weighted by Gasteiger charge is 2.30. The van der Waals surface area contributed by atoms with Crippen LogP contribution >= 0.6 is 0 Å². The van der Waals surface area contributed by atoms with Gasteiger partial charge in [0.2, 0.25) is 0 Å². The van der Waals surface area contributed by atoms with Crippen LogP contribution in [0.1, 0.15) is 54.4 Å². The van der Waals surface area contributed by atoms with Crippen LogP contribution in [-0.4, -0.2) is 9.13 Å². The lowest BCUT2D eigenvalue weighted by atomic mass is 9.95. The minimum Gasteiger partial charge on any atom is -0.269 e. The van der Waals surface area contributed by atoms with Gasteiger partial charge in [-0.2, -0.15) is 0 Å².